The average Bonchev–Trinajstić information content (AvgIpc) is 2.77. The number of carbonyl (C=O) groups excluding carboxylic acids is 2. The maximum absolute atomic E-state index is 12.0. The first-order chi connectivity index (χ1) is 10.7. The number of hydrogen-bond acceptors (Lipinski definition) is 6. The summed E-state index contributed by atoms with van der Waals surface area (Å²) in [7, 11) is -3.17. The number of sulfone groups is 1. The third kappa shape index (κ3) is 4.39. The van der Waals surface area contributed by atoms with E-state index in [0.29, 0.717) is 0 Å². The van der Waals surface area contributed by atoms with Crippen LogP contribution in [0.5, 0.6) is 0 Å². The number of nitro benzene ring substituents is 1. The van der Waals surface area contributed by atoms with Crippen LogP contribution < -0.4 is 10.6 Å². The molecule has 1 atom stereocenters. The Kier molecular flexibility index (Phi) is 4.85. The predicted molar refractivity (Wildman–Crippen MR) is 81.2 cm³/mol. The van der Waals surface area contributed by atoms with Crippen LogP contribution in [0.4, 0.5) is 10.5 Å². The van der Waals surface area contributed by atoms with E-state index in [4.69, 9.17) is 11.6 Å². The highest BCUT2D eigenvalue weighted by Crippen LogP contribution is 2.22. The fourth-order valence-corrected chi connectivity index (χ4v) is 3.98. The van der Waals surface area contributed by atoms with E-state index in [1.54, 1.807) is 0 Å². The van der Waals surface area contributed by atoms with E-state index in [1.807, 2.05) is 5.32 Å². The molecule has 1 aromatic carbocycles. The number of rotatable bonds is 3. The Balaban J connectivity index is 2.03. The van der Waals surface area contributed by atoms with E-state index in [2.05, 4.69) is 5.32 Å². The number of amides is 3. The van der Waals surface area contributed by atoms with Crippen LogP contribution in [-0.2, 0) is 9.84 Å². The summed E-state index contributed by atoms with van der Waals surface area (Å²) >= 11 is 5.79. The highest BCUT2D eigenvalue weighted by molar-refractivity contribution is 7.91. The number of halogens is 1. The van der Waals surface area contributed by atoms with Gasteiger partial charge in [0.2, 0.25) is 0 Å². The van der Waals surface area contributed by atoms with Gasteiger partial charge in [0.05, 0.1) is 27.0 Å². The zero-order valence-corrected chi connectivity index (χ0v) is 13.2. The second-order valence-electron chi connectivity index (χ2n) is 4.95. The van der Waals surface area contributed by atoms with E-state index < -0.39 is 32.7 Å². The third-order valence-corrected chi connectivity index (χ3v) is 5.30. The molecule has 23 heavy (non-hydrogen) atoms. The Labute approximate surface area is 136 Å². The Bertz CT molecular complexity index is 779. The van der Waals surface area contributed by atoms with Crippen molar-refractivity contribution in [3.8, 4) is 0 Å². The normalized spacial score (nSPS) is 19.1. The van der Waals surface area contributed by atoms with E-state index in [1.165, 1.54) is 6.07 Å². The molecule has 0 bridgehead atoms. The Morgan fingerprint density at radius 2 is 2.04 bits per heavy atom. The first-order valence-corrected chi connectivity index (χ1v) is 8.64. The molecule has 1 aliphatic rings. The zero-order valence-electron chi connectivity index (χ0n) is 11.6. The maximum Gasteiger partial charge on any atom is 0.321 e. The molecule has 2 rings (SSSR count). The quantitative estimate of drug-likeness (QED) is 0.605. The van der Waals surface area contributed by atoms with Crippen molar-refractivity contribution in [1.82, 2.24) is 10.6 Å². The number of benzene rings is 1. The predicted octanol–water partition coefficient (Wildman–Crippen LogP) is 0.875. The van der Waals surface area contributed by atoms with Crippen LogP contribution in [0, 0.1) is 10.1 Å². The van der Waals surface area contributed by atoms with Crippen molar-refractivity contribution < 1.29 is 22.9 Å². The summed E-state index contributed by atoms with van der Waals surface area (Å²) < 4.78 is 22.6. The summed E-state index contributed by atoms with van der Waals surface area (Å²) in [6, 6.07) is 1.79. The summed E-state index contributed by atoms with van der Waals surface area (Å²) in [6.45, 7) is 0. The molecule has 0 saturated carbocycles. The smallest absolute Gasteiger partial charge is 0.321 e. The standard InChI is InChI=1S/C12H12ClN3O6S/c13-10-2-1-8(16(19)20)5-9(10)11(17)15-12(18)14-7-3-4-23(21,22)6-7/h1-2,5,7H,3-4,6H2,(H2,14,15,17,18). The molecular formula is C12H12ClN3O6S. The van der Waals surface area contributed by atoms with Crippen LogP contribution in [0.1, 0.15) is 16.8 Å². The highest BCUT2D eigenvalue weighted by Gasteiger charge is 2.29. The van der Waals surface area contributed by atoms with E-state index >= 15 is 0 Å². The zero-order chi connectivity index (χ0) is 17.2. The van der Waals surface area contributed by atoms with Gasteiger partial charge in [-0.2, -0.15) is 0 Å². The molecule has 124 valence electrons. The fourth-order valence-electron chi connectivity index (χ4n) is 2.10. The van der Waals surface area contributed by atoms with Gasteiger partial charge in [-0.05, 0) is 12.5 Å². The van der Waals surface area contributed by atoms with Crippen molar-refractivity contribution >= 4 is 39.1 Å². The number of hydrogen-bond donors (Lipinski definition) is 2. The van der Waals surface area contributed by atoms with Crippen molar-refractivity contribution in [3.63, 3.8) is 0 Å². The van der Waals surface area contributed by atoms with Crippen LogP contribution in [0.3, 0.4) is 0 Å². The van der Waals surface area contributed by atoms with Gasteiger partial charge in [0, 0.05) is 18.2 Å². The lowest BCUT2D eigenvalue weighted by Crippen LogP contribution is -2.45. The molecular weight excluding hydrogens is 350 g/mol. The molecule has 0 aromatic heterocycles. The summed E-state index contributed by atoms with van der Waals surface area (Å²) in [5.74, 6) is -1.13. The topological polar surface area (TPSA) is 135 Å². The molecule has 1 unspecified atom stereocenters. The molecule has 1 aromatic rings. The average molecular weight is 362 g/mol. The molecule has 3 amide bonds. The summed E-state index contributed by atoms with van der Waals surface area (Å²) in [6.07, 6.45) is 0.265. The van der Waals surface area contributed by atoms with E-state index in [9.17, 15) is 28.1 Å². The molecule has 1 fully saturated rings. The SMILES string of the molecule is O=C(NC(=O)c1cc([N+](=O)[O-])ccc1Cl)NC1CCS(=O)(=O)C1. The minimum absolute atomic E-state index is 0.0252. The van der Waals surface area contributed by atoms with Crippen molar-refractivity contribution in [3.05, 3.63) is 38.9 Å². The second-order valence-corrected chi connectivity index (χ2v) is 7.58. The van der Waals surface area contributed by atoms with Gasteiger partial charge in [-0.25, -0.2) is 13.2 Å². The summed E-state index contributed by atoms with van der Waals surface area (Å²) in [4.78, 5) is 33.7. The Morgan fingerprint density at radius 1 is 1.35 bits per heavy atom. The van der Waals surface area contributed by atoms with Crippen molar-refractivity contribution in [1.29, 1.82) is 0 Å². The molecule has 1 heterocycles. The monoisotopic (exact) mass is 361 g/mol. The summed E-state index contributed by atoms with van der Waals surface area (Å²) in [5, 5.41) is 15.0. The first-order valence-electron chi connectivity index (χ1n) is 6.44. The number of nitrogens with one attached hydrogen (secondary N) is 2. The molecule has 9 nitrogen and oxygen atoms in total. The number of urea groups is 1. The maximum atomic E-state index is 12.0. The fraction of sp³-hybridized carbons (Fsp3) is 0.333. The highest BCUT2D eigenvalue weighted by atomic mass is 35.5. The van der Waals surface area contributed by atoms with Crippen molar-refractivity contribution in [2.45, 2.75) is 12.5 Å². The number of imide groups is 1. The van der Waals surface area contributed by atoms with Gasteiger partial charge in [0.15, 0.2) is 9.84 Å². The Morgan fingerprint density at radius 3 is 2.61 bits per heavy atom. The number of nitro groups is 1. The number of non-ortho nitro benzene ring substituents is 1. The number of nitrogens with zero attached hydrogens (tertiary/aromatic N) is 1. The van der Waals surface area contributed by atoms with Crippen molar-refractivity contribution in [2.75, 3.05) is 11.5 Å². The molecule has 2 N–H and O–H groups in total. The van der Waals surface area contributed by atoms with Crippen LogP contribution in [-0.4, -0.2) is 42.8 Å². The molecule has 11 heteroatoms. The third-order valence-electron chi connectivity index (χ3n) is 3.20. The lowest BCUT2D eigenvalue weighted by atomic mass is 10.2. The van der Waals surface area contributed by atoms with Crippen LogP contribution in [0.25, 0.3) is 0 Å². The van der Waals surface area contributed by atoms with E-state index in [0.717, 1.165) is 12.1 Å². The van der Waals surface area contributed by atoms with Crippen LogP contribution in [0.2, 0.25) is 5.02 Å². The van der Waals surface area contributed by atoms with Gasteiger partial charge < -0.3 is 5.32 Å². The van der Waals surface area contributed by atoms with Crippen molar-refractivity contribution in [2.24, 2.45) is 0 Å². The van der Waals surface area contributed by atoms with Gasteiger partial charge in [-0.15, -0.1) is 0 Å². The number of carbonyl (C=O) groups is 2. The largest absolute Gasteiger partial charge is 0.334 e. The lowest BCUT2D eigenvalue weighted by Gasteiger charge is -2.11. The van der Waals surface area contributed by atoms with Gasteiger partial charge in [0.25, 0.3) is 11.6 Å². The molecule has 0 radical (unpaired) electrons. The van der Waals surface area contributed by atoms with Gasteiger partial charge in [0.1, 0.15) is 0 Å². The van der Waals surface area contributed by atoms with Gasteiger partial charge in [-0.1, -0.05) is 11.6 Å². The Hall–Kier alpha value is -2.20. The molecule has 0 spiro atoms. The summed E-state index contributed by atoms with van der Waals surface area (Å²) in [5.41, 5.74) is -0.572. The van der Waals surface area contributed by atoms with Gasteiger partial charge >= 0.3 is 6.03 Å². The second kappa shape index (κ2) is 6.50. The lowest BCUT2D eigenvalue weighted by molar-refractivity contribution is -0.384. The molecule has 0 aliphatic carbocycles. The first kappa shape index (κ1) is 17.2. The minimum Gasteiger partial charge on any atom is -0.334 e. The molecule has 1 aliphatic heterocycles. The van der Waals surface area contributed by atoms with E-state index in [-0.39, 0.29) is 34.2 Å². The van der Waals surface area contributed by atoms with Gasteiger partial charge in [-0.3, -0.25) is 20.2 Å². The minimum atomic E-state index is -3.17. The van der Waals surface area contributed by atoms with Crippen LogP contribution >= 0.6 is 11.6 Å². The van der Waals surface area contributed by atoms with Crippen LogP contribution in [0.15, 0.2) is 18.2 Å². The molecule has 1 saturated heterocycles.